The van der Waals surface area contributed by atoms with Gasteiger partial charge in [0, 0.05) is 32.3 Å². The lowest BCUT2D eigenvalue weighted by Crippen LogP contribution is -2.07. The van der Waals surface area contributed by atoms with E-state index in [1.54, 1.807) is 0 Å². The standard InChI is InChI=1S/C90H58ClN3/c91-90-88(93-84-49-45-63(59-25-5-1-6-26-59)53-78(84)72-37-17-13-33-68(72)69-34-14-18-38-73(69)79-54-64(46-50-85(79)93)60-27-7-2-8-28-60)57-67(92-82-43-23-21-41-76(82)77-42-22-24-44-83(77)92)58-89(90)94-86-51-47-65(61-29-9-3-10-30-61)55-80(86)74-39-19-15-35-70(74)71-36-16-20-40-75(71)81-56-66(48-52-87(81)94)62-31-11-4-12-32-62/h1-58H. The highest BCUT2D eigenvalue weighted by Gasteiger charge is 2.24. The van der Waals surface area contributed by atoms with E-state index >= 15 is 0 Å². The second-order valence-electron chi connectivity index (χ2n) is 24.4. The molecule has 0 aliphatic heterocycles. The van der Waals surface area contributed by atoms with Crippen molar-refractivity contribution in [2.24, 2.45) is 0 Å². The summed E-state index contributed by atoms with van der Waals surface area (Å²) in [6, 6.07) is 129. The fourth-order valence-corrected chi connectivity index (χ4v) is 15.1. The summed E-state index contributed by atoms with van der Waals surface area (Å²) in [5.74, 6) is 0. The van der Waals surface area contributed by atoms with Crippen molar-refractivity contribution in [1.82, 2.24) is 13.7 Å². The molecule has 18 aromatic rings. The third-order valence-electron chi connectivity index (χ3n) is 19.2. The first-order valence-corrected chi connectivity index (χ1v) is 32.5. The Morgan fingerprint density at radius 1 is 0.160 bits per heavy atom. The van der Waals surface area contributed by atoms with Gasteiger partial charge in [-0.15, -0.1) is 0 Å². The smallest absolute Gasteiger partial charge is 0.0888 e. The van der Waals surface area contributed by atoms with Gasteiger partial charge < -0.3 is 13.7 Å². The van der Waals surface area contributed by atoms with Gasteiger partial charge in [-0.25, -0.2) is 0 Å². The molecule has 3 aromatic heterocycles. The zero-order chi connectivity index (χ0) is 62.2. The number of benzene rings is 15. The van der Waals surface area contributed by atoms with E-state index in [2.05, 4.69) is 366 Å². The van der Waals surface area contributed by atoms with Gasteiger partial charge >= 0.3 is 0 Å². The van der Waals surface area contributed by atoms with E-state index in [9.17, 15) is 0 Å². The van der Waals surface area contributed by atoms with Crippen LogP contribution >= 0.6 is 11.6 Å². The summed E-state index contributed by atoms with van der Waals surface area (Å²) >= 11 is 9.00. The van der Waals surface area contributed by atoms with E-state index in [0.29, 0.717) is 5.02 Å². The van der Waals surface area contributed by atoms with Crippen molar-refractivity contribution < 1.29 is 0 Å². The summed E-state index contributed by atoms with van der Waals surface area (Å²) in [6.45, 7) is 0. The normalized spacial score (nSPS) is 11.7. The second kappa shape index (κ2) is 22.7. The molecule has 4 heteroatoms. The van der Waals surface area contributed by atoms with E-state index in [4.69, 9.17) is 11.6 Å². The first kappa shape index (κ1) is 54.9. The molecule has 0 atom stereocenters. The van der Waals surface area contributed by atoms with Crippen molar-refractivity contribution in [2.45, 2.75) is 0 Å². The van der Waals surface area contributed by atoms with Crippen LogP contribution in [0.15, 0.2) is 352 Å². The lowest BCUT2D eigenvalue weighted by atomic mass is 9.98. The van der Waals surface area contributed by atoms with Crippen LogP contribution in [0.25, 0.3) is 170 Å². The first-order chi connectivity index (χ1) is 46.6. The number of para-hydroxylation sites is 2. The molecule has 440 valence electrons. The molecular weight excluding hydrogens is 1160 g/mol. The minimum atomic E-state index is 0.568. The Kier molecular flexibility index (Phi) is 13.3. The fourth-order valence-electron chi connectivity index (χ4n) is 14.9. The number of rotatable bonds is 7. The van der Waals surface area contributed by atoms with Crippen LogP contribution in [0.1, 0.15) is 0 Å². The van der Waals surface area contributed by atoms with Gasteiger partial charge in [0.25, 0.3) is 0 Å². The molecule has 0 aliphatic rings. The average molecular weight is 1220 g/mol. The molecule has 0 saturated heterocycles. The molecular formula is C90H58ClN3. The van der Waals surface area contributed by atoms with Crippen LogP contribution in [0.3, 0.4) is 0 Å². The Morgan fingerprint density at radius 2 is 0.372 bits per heavy atom. The Labute approximate surface area is 548 Å². The molecule has 0 N–H and O–H groups in total. The quantitative estimate of drug-likeness (QED) is 0.151. The number of hydrogen-bond donors (Lipinski definition) is 0. The maximum absolute atomic E-state index is 9.00. The molecule has 0 radical (unpaired) electrons. The minimum absolute atomic E-state index is 0.568. The summed E-state index contributed by atoms with van der Waals surface area (Å²) in [6.07, 6.45) is 0. The summed E-state index contributed by atoms with van der Waals surface area (Å²) in [4.78, 5) is 0. The van der Waals surface area contributed by atoms with Crippen LogP contribution in [0.4, 0.5) is 0 Å². The average Bonchev–Trinajstić information content (AvgIpc) is 1.48. The molecule has 0 saturated carbocycles. The number of fused-ring (bicyclic) bond motifs is 17. The predicted molar refractivity (Wildman–Crippen MR) is 401 cm³/mol. The van der Waals surface area contributed by atoms with Gasteiger partial charge in [0.15, 0.2) is 0 Å². The fraction of sp³-hybridized carbons (Fsp3) is 0. The summed E-state index contributed by atoms with van der Waals surface area (Å²) < 4.78 is 7.42. The van der Waals surface area contributed by atoms with Gasteiger partial charge in [-0.3, -0.25) is 0 Å². The highest BCUT2D eigenvalue weighted by atomic mass is 35.5. The number of halogens is 1. The molecule has 0 bridgehead atoms. The summed E-state index contributed by atoms with van der Waals surface area (Å²) in [5, 5.41) is 16.2. The van der Waals surface area contributed by atoms with Gasteiger partial charge in [-0.1, -0.05) is 291 Å². The molecule has 0 aliphatic carbocycles. The SMILES string of the molecule is Clc1c(-n2c3ccc(-c4ccccc4)cc3c3ccccc3c3ccccc3c3cc(-c4ccccc4)ccc32)cc(-n2c3ccccc3c3ccccc32)cc1-n1c2ccc(-c3ccccc3)cc2c2ccccc2c2ccccc2c2cc(-c3ccccc3)ccc21. The zero-order valence-electron chi connectivity index (χ0n) is 51.2. The molecule has 3 nitrogen and oxygen atoms in total. The Morgan fingerprint density at radius 3 is 0.638 bits per heavy atom. The van der Waals surface area contributed by atoms with E-state index < -0.39 is 0 Å². The largest absolute Gasteiger partial charge is 0.309 e. The van der Waals surface area contributed by atoms with Gasteiger partial charge in [0.05, 0.1) is 55.2 Å². The second-order valence-corrected chi connectivity index (χ2v) is 24.8. The van der Waals surface area contributed by atoms with Crippen molar-refractivity contribution in [3.05, 3.63) is 357 Å². The zero-order valence-corrected chi connectivity index (χ0v) is 52.0. The Bertz CT molecular complexity index is 5550. The lowest BCUT2D eigenvalue weighted by Gasteiger charge is -2.23. The van der Waals surface area contributed by atoms with Crippen molar-refractivity contribution in [3.63, 3.8) is 0 Å². The van der Waals surface area contributed by atoms with Crippen LogP contribution in [0, 0.1) is 0 Å². The van der Waals surface area contributed by atoms with Crippen LogP contribution in [-0.2, 0) is 0 Å². The third-order valence-corrected chi connectivity index (χ3v) is 19.6. The van der Waals surface area contributed by atoms with E-state index in [-0.39, 0.29) is 0 Å². The third kappa shape index (κ3) is 9.12. The summed E-state index contributed by atoms with van der Waals surface area (Å²) in [5.41, 5.74) is 17.6. The molecule has 3 heterocycles. The first-order valence-electron chi connectivity index (χ1n) is 32.2. The van der Waals surface area contributed by atoms with Crippen LogP contribution in [0.5, 0.6) is 0 Å². The van der Waals surface area contributed by atoms with Gasteiger partial charge in [0.1, 0.15) is 0 Å². The van der Waals surface area contributed by atoms with Crippen molar-refractivity contribution in [3.8, 4) is 61.6 Å². The Hall–Kier alpha value is -12.0. The minimum Gasteiger partial charge on any atom is -0.309 e. The van der Waals surface area contributed by atoms with E-state index in [1.807, 2.05) is 0 Å². The molecule has 0 fully saturated rings. The number of nitrogens with zero attached hydrogens (tertiary/aromatic N) is 3. The van der Waals surface area contributed by atoms with Crippen molar-refractivity contribution in [2.75, 3.05) is 0 Å². The van der Waals surface area contributed by atoms with Crippen LogP contribution in [0.2, 0.25) is 5.02 Å². The predicted octanol–water partition coefficient (Wildman–Crippen LogP) is 25.2. The maximum Gasteiger partial charge on any atom is 0.0888 e. The van der Waals surface area contributed by atoms with Crippen molar-refractivity contribution >= 4 is 120 Å². The molecule has 18 rings (SSSR count). The highest BCUT2D eigenvalue weighted by molar-refractivity contribution is 6.35. The van der Waals surface area contributed by atoms with Gasteiger partial charge in [-0.2, -0.15) is 0 Å². The van der Waals surface area contributed by atoms with Crippen LogP contribution in [-0.4, -0.2) is 13.7 Å². The maximum atomic E-state index is 9.00. The lowest BCUT2D eigenvalue weighted by molar-refractivity contribution is 1.09. The number of aromatic nitrogens is 3. The monoisotopic (exact) mass is 1220 g/mol. The number of hydrogen-bond acceptors (Lipinski definition) is 0. The molecule has 15 aromatic carbocycles. The van der Waals surface area contributed by atoms with Gasteiger partial charge in [0.2, 0.25) is 0 Å². The van der Waals surface area contributed by atoms with E-state index in [0.717, 1.165) is 159 Å². The summed E-state index contributed by atoms with van der Waals surface area (Å²) in [7, 11) is 0. The highest BCUT2D eigenvalue weighted by Crippen LogP contribution is 2.45. The van der Waals surface area contributed by atoms with E-state index in [1.165, 1.54) is 10.8 Å². The van der Waals surface area contributed by atoms with Crippen LogP contribution < -0.4 is 0 Å². The molecule has 94 heavy (non-hydrogen) atoms. The topological polar surface area (TPSA) is 14.8 Å². The molecule has 0 spiro atoms. The molecule has 0 amide bonds. The Balaban J connectivity index is 1.11. The molecule has 0 unspecified atom stereocenters. The van der Waals surface area contributed by atoms with Crippen molar-refractivity contribution in [1.29, 1.82) is 0 Å². The van der Waals surface area contributed by atoms with Gasteiger partial charge in [-0.05, 0) is 160 Å².